The van der Waals surface area contributed by atoms with Gasteiger partial charge in [-0.05, 0) is 12.1 Å². The van der Waals surface area contributed by atoms with Crippen molar-refractivity contribution < 1.29 is 26.3 Å². The van der Waals surface area contributed by atoms with Gasteiger partial charge >= 0.3 is 12.1 Å². The Balaban J connectivity index is 3.23. The summed E-state index contributed by atoms with van der Waals surface area (Å²) in [6.45, 7) is 0. The molecule has 0 aliphatic rings. The van der Waals surface area contributed by atoms with Gasteiger partial charge < -0.3 is 0 Å². The SMILES string of the molecule is FC(F)(F)C(F)(F)C(F)(S)c1ccc(Br)cc1. The zero-order valence-electron chi connectivity index (χ0n) is 7.90. The van der Waals surface area contributed by atoms with Crippen LogP contribution in [-0.4, -0.2) is 12.1 Å². The van der Waals surface area contributed by atoms with Crippen LogP contribution in [0.1, 0.15) is 5.56 Å². The van der Waals surface area contributed by atoms with E-state index in [0.29, 0.717) is 4.47 Å². The summed E-state index contributed by atoms with van der Waals surface area (Å²) in [5.41, 5.74) is -0.869. The number of alkyl halides is 6. The maximum absolute atomic E-state index is 13.6. The first-order chi connectivity index (χ1) is 7.50. The average Bonchev–Trinajstić information content (AvgIpc) is 2.16. The van der Waals surface area contributed by atoms with Crippen molar-refractivity contribution in [2.24, 2.45) is 0 Å². The number of hydrogen-bond acceptors (Lipinski definition) is 1. The molecule has 0 bridgehead atoms. The number of halogens is 7. The van der Waals surface area contributed by atoms with Crippen molar-refractivity contribution in [3.63, 3.8) is 0 Å². The van der Waals surface area contributed by atoms with Crippen LogP contribution >= 0.6 is 28.6 Å². The number of benzene rings is 1. The molecule has 17 heavy (non-hydrogen) atoms. The molecule has 1 atom stereocenters. The highest BCUT2D eigenvalue weighted by molar-refractivity contribution is 9.10. The molecular formula is C9H5BrF6S. The second-order valence-corrected chi connectivity index (χ2v) is 4.73. The van der Waals surface area contributed by atoms with Gasteiger partial charge in [0, 0.05) is 10.0 Å². The van der Waals surface area contributed by atoms with Crippen LogP contribution in [0.4, 0.5) is 26.3 Å². The maximum Gasteiger partial charge on any atom is 0.458 e. The van der Waals surface area contributed by atoms with E-state index >= 15 is 0 Å². The standard InChI is InChI=1S/C9H5BrF6S/c10-6-3-1-5(2-4-6)7(11,17)8(12,13)9(14,15)16/h1-4,17H. The third-order valence-electron chi connectivity index (χ3n) is 2.00. The van der Waals surface area contributed by atoms with Crippen LogP contribution < -0.4 is 0 Å². The third-order valence-corrected chi connectivity index (χ3v) is 3.07. The first-order valence-corrected chi connectivity index (χ1v) is 5.36. The molecule has 1 unspecified atom stereocenters. The van der Waals surface area contributed by atoms with E-state index in [9.17, 15) is 26.3 Å². The Bertz CT molecular complexity index is 397. The first kappa shape index (κ1) is 14.7. The average molecular weight is 339 g/mol. The van der Waals surface area contributed by atoms with Gasteiger partial charge in [-0.3, -0.25) is 0 Å². The van der Waals surface area contributed by atoms with Crippen molar-refractivity contribution in [3.8, 4) is 0 Å². The lowest BCUT2D eigenvalue weighted by molar-refractivity contribution is -0.312. The lowest BCUT2D eigenvalue weighted by Crippen LogP contribution is -2.49. The Hall–Kier alpha value is -0.370. The van der Waals surface area contributed by atoms with Gasteiger partial charge in [0.2, 0.25) is 0 Å². The molecule has 0 aliphatic carbocycles. The predicted octanol–water partition coefficient (Wildman–Crippen LogP) is 4.70. The first-order valence-electron chi connectivity index (χ1n) is 4.12. The highest BCUT2D eigenvalue weighted by Gasteiger charge is 2.70. The zero-order valence-corrected chi connectivity index (χ0v) is 10.4. The molecule has 0 saturated carbocycles. The van der Waals surface area contributed by atoms with Gasteiger partial charge in [-0.15, -0.1) is 12.6 Å². The molecule has 0 fully saturated rings. The molecule has 8 heteroatoms. The van der Waals surface area contributed by atoms with E-state index in [-0.39, 0.29) is 0 Å². The largest absolute Gasteiger partial charge is 0.458 e. The summed E-state index contributed by atoms with van der Waals surface area (Å²) in [4.78, 5) is 0. The monoisotopic (exact) mass is 338 g/mol. The van der Waals surface area contributed by atoms with Gasteiger partial charge in [0.05, 0.1) is 0 Å². The topological polar surface area (TPSA) is 0 Å². The molecule has 1 aromatic carbocycles. The van der Waals surface area contributed by atoms with Crippen LogP contribution in [0.5, 0.6) is 0 Å². The summed E-state index contributed by atoms with van der Waals surface area (Å²) in [6, 6.07) is 3.89. The summed E-state index contributed by atoms with van der Waals surface area (Å²) in [7, 11) is 0. The van der Waals surface area contributed by atoms with E-state index in [4.69, 9.17) is 0 Å². The second kappa shape index (κ2) is 4.38. The maximum atomic E-state index is 13.6. The Morgan fingerprint density at radius 1 is 0.882 bits per heavy atom. The van der Waals surface area contributed by atoms with Crippen LogP contribution in [0.15, 0.2) is 28.7 Å². The fourth-order valence-electron chi connectivity index (χ4n) is 1.04. The lowest BCUT2D eigenvalue weighted by Gasteiger charge is -2.30. The van der Waals surface area contributed by atoms with Crippen LogP contribution in [-0.2, 0) is 5.00 Å². The summed E-state index contributed by atoms with van der Waals surface area (Å²) in [5, 5.41) is -4.12. The summed E-state index contributed by atoms with van der Waals surface area (Å²) in [5.74, 6) is -5.59. The van der Waals surface area contributed by atoms with E-state index in [2.05, 4.69) is 28.6 Å². The molecule has 0 aliphatic heterocycles. The molecule has 0 heterocycles. The van der Waals surface area contributed by atoms with E-state index in [0.717, 1.165) is 24.3 Å². The minimum Gasteiger partial charge on any atom is -0.220 e. The molecule has 1 aromatic rings. The summed E-state index contributed by atoms with van der Waals surface area (Å²) >= 11 is 5.78. The molecule has 0 amide bonds. The van der Waals surface area contributed by atoms with Crippen molar-refractivity contribution in [3.05, 3.63) is 34.3 Å². The van der Waals surface area contributed by atoms with Crippen molar-refractivity contribution in [2.45, 2.75) is 17.1 Å². The van der Waals surface area contributed by atoms with E-state index in [1.165, 1.54) is 0 Å². The normalized spacial score (nSPS) is 16.7. The van der Waals surface area contributed by atoms with E-state index in [1.54, 1.807) is 0 Å². The van der Waals surface area contributed by atoms with Gasteiger partial charge in [-0.1, -0.05) is 28.1 Å². The Labute approximate surface area is 107 Å². The van der Waals surface area contributed by atoms with E-state index < -0.39 is 22.7 Å². The Morgan fingerprint density at radius 2 is 1.29 bits per heavy atom. The number of hydrogen-bond donors (Lipinski definition) is 1. The summed E-state index contributed by atoms with van der Waals surface area (Å²) < 4.78 is 76.0. The number of rotatable bonds is 2. The highest BCUT2D eigenvalue weighted by atomic mass is 79.9. The minimum atomic E-state index is -6.02. The fourth-order valence-corrected chi connectivity index (χ4v) is 1.58. The van der Waals surface area contributed by atoms with Crippen molar-refractivity contribution in [1.82, 2.24) is 0 Å². The van der Waals surface area contributed by atoms with Crippen molar-refractivity contribution >= 4 is 28.6 Å². The number of thiol groups is 1. The van der Waals surface area contributed by atoms with E-state index in [1.807, 2.05) is 0 Å². The van der Waals surface area contributed by atoms with Gasteiger partial charge in [0.1, 0.15) is 0 Å². The lowest BCUT2D eigenvalue weighted by atomic mass is 10.0. The molecule has 96 valence electrons. The molecular weight excluding hydrogens is 334 g/mol. The van der Waals surface area contributed by atoms with Crippen LogP contribution in [0, 0.1) is 0 Å². The highest BCUT2D eigenvalue weighted by Crippen LogP contribution is 2.52. The Morgan fingerprint density at radius 3 is 1.65 bits per heavy atom. The molecule has 0 N–H and O–H groups in total. The Kier molecular flexibility index (Phi) is 3.79. The van der Waals surface area contributed by atoms with Crippen molar-refractivity contribution in [2.75, 3.05) is 0 Å². The molecule has 0 aromatic heterocycles. The second-order valence-electron chi connectivity index (χ2n) is 3.20. The van der Waals surface area contributed by atoms with Gasteiger partial charge in [-0.2, -0.15) is 22.0 Å². The smallest absolute Gasteiger partial charge is 0.220 e. The van der Waals surface area contributed by atoms with Crippen LogP contribution in [0.2, 0.25) is 0 Å². The van der Waals surface area contributed by atoms with Crippen molar-refractivity contribution in [1.29, 1.82) is 0 Å². The third kappa shape index (κ3) is 2.57. The molecule has 0 nitrogen and oxygen atoms in total. The molecule has 0 radical (unpaired) electrons. The van der Waals surface area contributed by atoms with Gasteiger partial charge in [0.15, 0.2) is 0 Å². The molecule has 0 spiro atoms. The van der Waals surface area contributed by atoms with Crippen LogP contribution in [0.25, 0.3) is 0 Å². The molecule has 0 saturated heterocycles. The zero-order chi connectivity index (χ0) is 13.5. The van der Waals surface area contributed by atoms with Gasteiger partial charge in [-0.25, -0.2) is 4.39 Å². The van der Waals surface area contributed by atoms with Crippen LogP contribution in [0.3, 0.4) is 0 Å². The molecule has 1 rings (SSSR count). The predicted molar refractivity (Wildman–Crippen MR) is 56.9 cm³/mol. The fraction of sp³-hybridized carbons (Fsp3) is 0.333. The quantitative estimate of drug-likeness (QED) is 0.586. The summed E-state index contributed by atoms with van der Waals surface area (Å²) in [6.07, 6.45) is -6.02. The van der Waals surface area contributed by atoms with Gasteiger partial charge in [0.25, 0.3) is 5.00 Å². The minimum absolute atomic E-state index is 0.417.